The Balaban J connectivity index is 1.61. The maximum absolute atomic E-state index is 5.31. The first-order chi connectivity index (χ1) is 17.6. The van der Waals surface area contributed by atoms with Gasteiger partial charge in [-0.3, -0.25) is 4.99 Å². The van der Waals surface area contributed by atoms with Crippen LogP contribution in [-0.4, -0.2) is 15.6 Å². The van der Waals surface area contributed by atoms with Gasteiger partial charge in [-0.05, 0) is 75.2 Å². The van der Waals surface area contributed by atoms with Crippen LogP contribution >= 0.6 is 0 Å². The predicted octanol–water partition coefficient (Wildman–Crippen LogP) is 7.72. The highest BCUT2D eigenvalue weighted by Gasteiger charge is 2.18. The fraction of sp³-hybridized carbons (Fsp3) is 0.250. The summed E-state index contributed by atoms with van der Waals surface area (Å²) in [6, 6.07) is 30.4. The summed E-state index contributed by atoms with van der Waals surface area (Å²) in [5.41, 5.74) is 9.79. The second-order valence-electron chi connectivity index (χ2n) is 10.0. The van der Waals surface area contributed by atoms with Gasteiger partial charge in [0.25, 0.3) is 0 Å². The fourth-order valence-electron chi connectivity index (χ4n) is 5.22. The summed E-state index contributed by atoms with van der Waals surface area (Å²) < 4.78 is 2.33. The summed E-state index contributed by atoms with van der Waals surface area (Å²) in [5.74, 6) is 0. The average Bonchev–Trinajstić information content (AvgIpc) is 2.90. The predicted molar refractivity (Wildman–Crippen MR) is 149 cm³/mol. The van der Waals surface area contributed by atoms with E-state index in [2.05, 4.69) is 109 Å². The minimum absolute atomic E-state index is 0.371. The molecule has 4 heteroatoms. The number of rotatable bonds is 4. The first-order valence-corrected chi connectivity index (χ1v) is 13.0. The van der Waals surface area contributed by atoms with Gasteiger partial charge in [0, 0.05) is 11.4 Å². The third-order valence-electron chi connectivity index (χ3n) is 7.22. The molecule has 0 unspecified atom stereocenters. The number of aromatic nitrogens is 2. The Morgan fingerprint density at radius 1 is 0.806 bits per heavy atom. The fourth-order valence-corrected chi connectivity index (χ4v) is 5.22. The number of fused-ring (bicyclic) bond motifs is 2. The van der Waals surface area contributed by atoms with Crippen molar-refractivity contribution >= 4 is 22.4 Å². The van der Waals surface area contributed by atoms with Gasteiger partial charge in [-0.1, -0.05) is 66.8 Å². The minimum atomic E-state index is 0.371. The molecule has 2 aliphatic carbocycles. The zero-order valence-corrected chi connectivity index (χ0v) is 21.0. The van der Waals surface area contributed by atoms with Gasteiger partial charge in [0.05, 0.1) is 39.5 Å². The maximum atomic E-state index is 5.31. The van der Waals surface area contributed by atoms with Crippen LogP contribution in [0, 0.1) is 13.8 Å². The Hall–Kier alpha value is -3.92. The molecule has 4 nitrogen and oxygen atoms in total. The van der Waals surface area contributed by atoms with Crippen molar-refractivity contribution in [3.05, 3.63) is 101 Å². The SMILES string of the molecule is Cc1ccc(Nc2cc3nc4ccccc4n(-c4ccc(C)cc4)c-3c/c2=N\C2CCCCC2)cc1. The van der Waals surface area contributed by atoms with Crippen LogP contribution in [0.3, 0.4) is 0 Å². The first-order valence-electron chi connectivity index (χ1n) is 13.0. The number of benzene rings is 4. The van der Waals surface area contributed by atoms with E-state index < -0.39 is 0 Å². The van der Waals surface area contributed by atoms with Crippen molar-refractivity contribution in [2.45, 2.75) is 52.0 Å². The van der Waals surface area contributed by atoms with Crippen LogP contribution in [0.25, 0.3) is 28.1 Å². The standard InChI is InChI=1S/C32H32N4/c1-22-12-16-25(17-13-22)34-28-20-30-32(21-29(28)33-24-8-4-3-5-9-24)36(26-18-14-23(2)15-19-26)31-11-7-6-10-27(31)35-30/h6-7,10-21,24,34H,3-5,8-9H2,1-2H3/b33-29+. The minimum Gasteiger partial charge on any atom is -0.354 e. The van der Waals surface area contributed by atoms with Crippen molar-refractivity contribution in [3.8, 4) is 17.1 Å². The molecule has 36 heavy (non-hydrogen) atoms. The van der Waals surface area contributed by atoms with Crippen molar-refractivity contribution < 1.29 is 0 Å². The molecule has 6 rings (SSSR count). The molecule has 1 fully saturated rings. The zero-order valence-electron chi connectivity index (χ0n) is 21.0. The van der Waals surface area contributed by atoms with E-state index in [1.165, 1.54) is 30.4 Å². The molecular weight excluding hydrogens is 440 g/mol. The van der Waals surface area contributed by atoms with E-state index in [9.17, 15) is 0 Å². The molecular formula is C32H32N4. The largest absolute Gasteiger partial charge is 0.354 e. The van der Waals surface area contributed by atoms with E-state index in [1.807, 2.05) is 0 Å². The smallest absolute Gasteiger partial charge is 0.0900 e. The van der Waals surface area contributed by atoms with E-state index in [4.69, 9.17) is 9.98 Å². The summed E-state index contributed by atoms with van der Waals surface area (Å²) in [4.78, 5) is 10.4. The number of nitrogens with one attached hydrogen (secondary N) is 1. The van der Waals surface area contributed by atoms with Gasteiger partial charge >= 0.3 is 0 Å². The van der Waals surface area contributed by atoms with E-state index in [-0.39, 0.29) is 0 Å². The Bertz CT molecular complexity index is 1540. The number of anilines is 2. The normalized spacial score (nSPS) is 15.0. The molecule has 1 saturated carbocycles. The van der Waals surface area contributed by atoms with Crippen molar-refractivity contribution in [1.82, 2.24) is 9.55 Å². The molecule has 180 valence electrons. The Morgan fingerprint density at radius 2 is 1.50 bits per heavy atom. The zero-order chi connectivity index (χ0) is 24.5. The quantitative estimate of drug-likeness (QED) is 0.272. The lowest BCUT2D eigenvalue weighted by molar-refractivity contribution is 0.437. The molecule has 0 atom stereocenters. The third kappa shape index (κ3) is 4.51. The van der Waals surface area contributed by atoms with E-state index in [1.54, 1.807) is 0 Å². The molecule has 1 aliphatic heterocycles. The molecule has 0 aromatic heterocycles. The molecule has 3 aromatic carbocycles. The van der Waals surface area contributed by atoms with Crippen LogP contribution < -0.4 is 10.7 Å². The molecule has 0 bridgehead atoms. The van der Waals surface area contributed by atoms with Crippen LogP contribution in [-0.2, 0) is 0 Å². The van der Waals surface area contributed by atoms with Crippen LogP contribution in [0.5, 0.6) is 0 Å². The van der Waals surface area contributed by atoms with Gasteiger partial charge in [0.2, 0.25) is 0 Å². The molecule has 0 radical (unpaired) electrons. The third-order valence-corrected chi connectivity index (χ3v) is 7.22. The van der Waals surface area contributed by atoms with Crippen LogP contribution in [0.15, 0.2) is 89.9 Å². The Morgan fingerprint density at radius 3 is 2.25 bits per heavy atom. The van der Waals surface area contributed by atoms with Gasteiger partial charge < -0.3 is 9.88 Å². The summed E-state index contributed by atoms with van der Waals surface area (Å²) in [7, 11) is 0. The van der Waals surface area contributed by atoms with Crippen LogP contribution in [0.4, 0.5) is 11.4 Å². The Kier molecular flexibility index (Phi) is 6.02. The number of hydrogen-bond acceptors (Lipinski definition) is 3. The van der Waals surface area contributed by atoms with Crippen molar-refractivity contribution in [2.24, 2.45) is 4.99 Å². The van der Waals surface area contributed by atoms with Gasteiger partial charge in [-0.15, -0.1) is 0 Å². The molecule has 0 saturated heterocycles. The average molecular weight is 473 g/mol. The van der Waals surface area contributed by atoms with Gasteiger partial charge in [-0.2, -0.15) is 0 Å². The number of hydrogen-bond donors (Lipinski definition) is 1. The number of para-hydroxylation sites is 2. The monoisotopic (exact) mass is 472 g/mol. The van der Waals surface area contributed by atoms with Crippen LogP contribution in [0.1, 0.15) is 43.2 Å². The van der Waals surface area contributed by atoms with E-state index in [0.29, 0.717) is 6.04 Å². The van der Waals surface area contributed by atoms with Gasteiger partial charge in [0.1, 0.15) is 0 Å². The lowest BCUT2D eigenvalue weighted by Gasteiger charge is -2.22. The highest BCUT2D eigenvalue weighted by molar-refractivity contribution is 5.84. The second-order valence-corrected chi connectivity index (χ2v) is 10.0. The highest BCUT2D eigenvalue weighted by atomic mass is 15.0. The lowest BCUT2D eigenvalue weighted by atomic mass is 9.96. The van der Waals surface area contributed by atoms with Crippen molar-refractivity contribution in [2.75, 3.05) is 5.32 Å². The molecule has 0 amide bonds. The Labute approximate surface area is 212 Å². The van der Waals surface area contributed by atoms with Crippen LogP contribution in [0.2, 0.25) is 0 Å². The summed E-state index contributed by atoms with van der Waals surface area (Å²) in [5, 5.41) is 4.66. The number of nitrogens with zero attached hydrogens (tertiary/aromatic N) is 3. The molecule has 3 aromatic rings. The van der Waals surface area contributed by atoms with Gasteiger partial charge in [0.15, 0.2) is 0 Å². The van der Waals surface area contributed by atoms with Gasteiger partial charge in [-0.25, -0.2) is 4.98 Å². The topological polar surface area (TPSA) is 42.2 Å². The highest BCUT2D eigenvalue weighted by Crippen LogP contribution is 2.31. The number of aryl methyl sites for hydroxylation is 2. The van der Waals surface area contributed by atoms with E-state index >= 15 is 0 Å². The summed E-state index contributed by atoms with van der Waals surface area (Å²) in [6.07, 6.45) is 6.17. The summed E-state index contributed by atoms with van der Waals surface area (Å²) in [6.45, 7) is 4.24. The second kappa shape index (κ2) is 9.62. The van der Waals surface area contributed by atoms with Crippen molar-refractivity contribution in [1.29, 1.82) is 0 Å². The van der Waals surface area contributed by atoms with E-state index in [0.717, 1.165) is 57.7 Å². The lowest BCUT2D eigenvalue weighted by Crippen LogP contribution is -2.19. The maximum Gasteiger partial charge on any atom is 0.0900 e. The molecule has 1 heterocycles. The first kappa shape index (κ1) is 22.5. The van der Waals surface area contributed by atoms with Crippen molar-refractivity contribution in [3.63, 3.8) is 0 Å². The molecule has 1 N–H and O–H groups in total. The molecule has 3 aliphatic rings. The summed E-state index contributed by atoms with van der Waals surface area (Å²) >= 11 is 0. The molecule has 0 spiro atoms.